The molecular formula is C9H8F2O2. The van der Waals surface area contributed by atoms with Gasteiger partial charge in [0.15, 0.2) is 11.6 Å². The summed E-state index contributed by atoms with van der Waals surface area (Å²) in [5, 5.41) is 0. The molecule has 1 aromatic carbocycles. The highest BCUT2D eigenvalue weighted by Gasteiger charge is 2.09. The average Bonchev–Trinajstić information content (AvgIpc) is 2.11. The van der Waals surface area contributed by atoms with Crippen molar-refractivity contribution >= 4 is 6.29 Å². The van der Waals surface area contributed by atoms with Crippen LogP contribution >= 0.6 is 0 Å². The standard InChI is InChI=1S/C9H8F2O2/c1-13-9-5-8(11)7(10)4-6(9)2-3-12/h3-5H,2H2,1H3. The van der Waals surface area contributed by atoms with Crippen molar-refractivity contribution in [3.8, 4) is 5.75 Å². The summed E-state index contributed by atoms with van der Waals surface area (Å²) in [5.41, 5.74) is 0.344. The van der Waals surface area contributed by atoms with Crippen LogP contribution in [-0.2, 0) is 11.2 Å². The Morgan fingerprint density at radius 1 is 1.38 bits per heavy atom. The molecule has 70 valence electrons. The first-order valence-corrected chi connectivity index (χ1v) is 3.64. The molecule has 0 aliphatic rings. The summed E-state index contributed by atoms with van der Waals surface area (Å²) in [6.07, 6.45) is 0.621. The van der Waals surface area contributed by atoms with E-state index in [1.54, 1.807) is 0 Å². The Morgan fingerprint density at radius 3 is 2.54 bits per heavy atom. The fourth-order valence-corrected chi connectivity index (χ4v) is 1.01. The molecule has 4 heteroatoms. The molecule has 0 spiro atoms. The van der Waals surface area contributed by atoms with E-state index in [2.05, 4.69) is 0 Å². The van der Waals surface area contributed by atoms with Gasteiger partial charge in [-0.05, 0) is 6.07 Å². The summed E-state index contributed by atoms with van der Waals surface area (Å²) in [5.74, 6) is -1.77. The van der Waals surface area contributed by atoms with E-state index in [0.29, 0.717) is 11.8 Å². The van der Waals surface area contributed by atoms with Gasteiger partial charge in [-0.3, -0.25) is 0 Å². The van der Waals surface area contributed by atoms with Crippen molar-refractivity contribution in [2.24, 2.45) is 0 Å². The number of ether oxygens (including phenoxy) is 1. The van der Waals surface area contributed by atoms with Gasteiger partial charge in [0.25, 0.3) is 0 Å². The molecule has 1 rings (SSSR count). The number of carbonyl (C=O) groups excluding carboxylic acids is 1. The predicted octanol–water partition coefficient (Wildman–Crippen LogP) is 1.71. The molecule has 0 aliphatic heterocycles. The lowest BCUT2D eigenvalue weighted by Gasteiger charge is -2.05. The second-order valence-corrected chi connectivity index (χ2v) is 2.45. The molecule has 0 aromatic heterocycles. The maximum atomic E-state index is 12.7. The van der Waals surface area contributed by atoms with Crippen LogP contribution < -0.4 is 4.74 Å². The first-order chi connectivity index (χ1) is 6.19. The van der Waals surface area contributed by atoms with Gasteiger partial charge in [-0.15, -0.1) is 0 Å². The van der Waals surface area contributed by atoms with Crippen molar-refractivity contribution < 1.29 is 18.3 Å². The van der Waals surface area contributed by atoms with Crippen molar-refractivity contribution in [1.29, 1.82) is 0 Å². The van der Waals surface area contributed by atoms with E-state index in [1.807, 2.05) is 0 Å². The largest absolute Gasteiger partial charge is 0.496 e. The minimum absolute atomic E-state index is 0.0143. The van der Waals surface area contributed by atoms with Gasteiger partial charge in [0.05, 0.1) is 7.11 Å². The number of halogens is 2. The van der Waals surface area contributed by atoms with Crippen molar-refractivity contribution in [2.75, 3.05) is 7.11 Å². The number of hydrogen-bond donors (Lipinski definition) is 0. The number of aldehydes is 1. The molecular weight excluding hydrogens is 178 g/mol. The number of methoxy groups -OCH3 is 1. The minimum Gasteiger partial charge on any atom is -0.496 e. The maximum Gasteiger partial charge on any atom is 0.162 e. The van der Waals surface area contributed by atoms with E-state index >= 15 is 0 Å². The van der Waals surface area contributed by atoms with Crippen LogP contribution in [0.3, 0.4) is 0 Å². The van der Waals surface area contributed by atoms with Gasteiger partial charge in [-0.2, -0.15) is 0 Å². The Morgan fingerprint density at radius 2 is 2.00 bits per heavy atom. The average molecular weight is 186 g/mol. The Bertz CT molecular complexity index is 324. The molecule has 13 heavy (non-hydrogen) atoms. The second kappa shape index (κ2) is 3.98. The molecule has 0 amide bonds. The number of benzene rings is 1. The van der Waals surface area contributed by atoms with Gasteiger partial charge in [-0.1, -0.05) is 0 Å². The lowest BCUT2D eigenvalue weighted by Crippen LogP contribution is -1.96. The predicted molar refractivity (Wildman–Crippen MR) is 42.7 cm³/mol. The third-order valence-corrected chi connectivity index (χ3v) is 1.63. The van der Waals surface area contributed by atoms with Crippen molar-refractivity contribution in [1.82, 2.24) is 0 Å². The van der Waals surface area contributed by atoms with Crippen LogP contribution in [0.5, 0.6) is 5.75 Å². The molecule has 0 saturated heterocycles. The van der Waals surface area contributed by atoms with Crippen LogP contribution in [0.25, 0.3) is 0 Å². The molecule has 1 aromatic rings. The molecule has 0 radical (unpaired) electrons. The Hall–Kier alpha value is -1.45. The summed E-state index contributed by atoms with van der Waals surface area (Å²) in [7, 11) is 1.33. The molecule has 0 fully saturated rings. The van der Waals surface area contributed by atoms with Crippen LogP contribution in [0.15, 0.2) is 12.1 Å². The summed E-state index contributed by atoms with van der Waals surface area (Å²) in [6.45, 7) is 0. The SMILES string of the molecule is COc1cc(F)c(F)cc1CC=O. The van der Waals surface area contributed by atoms with Crippen molar-refractivity contribution in [3.63, 3.8) is 0 Å². The van der Waals surface area contributed by atoms with E-state index in [4.69, 9.17) is 4.74 Å². The summed E-state index contributed by atoms with van der Waals surface area (Å²) in [4.78, 5) is 10.2. The quantitative estimate of drug-likeness (QED) is 0.672. The highest BCUT2D eigenvalue weighted by atomic mass is 19.2. The third-order valence-electron chi connectivity index (χ3n) is 1.63. The summed E-state index contributed by atoms with van der Waals surface area (Å²) >= 11 is 0. The monoisotopic (exact) mass is 186 g/mol. The fourth-order valence-electron chi connectivity index (χ4n) is 1.01. The zero-order valence-electron chi connectivity index (χ0n) is 7.01. The molecule has 2 nitrogen and oxygen atoms in total. The topological polar surface area (TPSA) is 26.3 Å². The van der Waals surface area contributed by atoms with Gasteiger partial charge in [0.2, 0.25) is 0 Å². The van der Waals surface area contributed by atoms with Crippen LogP contribution in [0.2, 0.25) is 0 Å². The zero-order chi connectivity index (χ0) is 9.84. The normalized spacial score (nSPS) is 9.77. The second-order valence-electron chi connectivity index (χ2n) is 2.45. The number of carbonyl (C=O) groups is 1. The van der Waals surface area contributed by atoms with E-state index in [1.165, 1.54) is 7.11 Å². The first-order valence-electron chi connectivity index (χ1n) is 3.64. The maximum absolute atomic E-state index is 12.7. The summed E-state index contributed by atoms with van der Waals surface area (Å²) in [6, 6.07) is 1.89. The zero-order valence-corrected chi connectivity index (χ0v) is 7.01. The molecule has 0 unspecified atom stereocenters. The lowest BCUT2D eigenvalue weighted by atomic mass is 10.1. The highest BCUT2D eigenvalue weighted by Crippen LogP contribution is 2.21. The van der Waals surface area contributed by atoms with E-state index in [-0.39, 0.29) is 12.2 Å². The van der Waals surface area contributed by atoms with Gasteiger partial charge < -0.3 is 9.53 Å². The first kappa shape index (κ1) is 9.64. The summed E-state index contributed by atoms with van der Waals surface area (Å²) < 4.78 is 30.1. The number of rotatable bonds is 3. The highest BCUT2D eigenvalue weighted by molar-refractivity contribution is 5.57. The van der Waals surface area contributed by atoms with Gasteiger partial charge in [0.1, 0.15) is 12.0 Å². The molecule has 0 heterocycles. The smallest absolute Gasteiger partial charge is 0.162 e. The van der Waals surface area contributed by atoms with E-state index in [0.717, 1.165) is 12.1 Å². The molecule has 0 N–H and O–H groups in total. The minimum atomic E-state index is -0.980. The van der Waals surface area contributed by atoms with Crippen molar-refractivity contribution in [3.05, 3.63) is 29.3 Å². The van der Waals surface area contributed by atoms with Crippen LogP contribution in [0.1, 0.15) is 5.56 Å². The molecule has 0 bridgehead atoms. The van der Waals surface area contributed by atoms with Gasteiger partial charge in [-0.25, -0.2) is 8.78 Å². The molecule has 0 atom stereocenters. The van der Waals surface area contributed by atoms with Crippen molar-refractivity contribution in [2.45, 2.75) is 6.42 Å². The van der Waals surface area contributed by atoms with Crippen LogP contribution in [-0.4, -0.2) is 13.4 Å². The van der Waals surface area contributed by atoms with E-state index < -0.39 is 11.6 Å². The Balaban J connectivity index is 3.15. The third kappa shape index (κ3) is 2.02. The van der Waals surface area contributed by atoms with Gasteiger partial charge in [0, 0.05) is 18.1 Å². The lowest BCUT2D eigenvalue weighted by molar-refractivity contribution is -0.107. The van der Waals surface area contributed by atoms with E-state index in [9.17, 15) is 13.6 Å². The van der Waals surface area contributed by atoms with Crippen LogP contribution in [0, 0.1) is 11.6 Å². The van der Waals surface area contributed by atoms with Gasteiger partial charge >= 0.3 is 0 Å². The Labute approximate surface area is 74.1 Å². The molecule has 0 aliphatic carbocycles. The molecule has 0 saturated carbocycles. The Kier molecular flexibility index (Phi) is 2.95. The number of hydrogen-bond acceptors (Lipinski definition) is 2. The fraction of sp³-hybridized carbons (Fsp3) is 0.222. The van der Waals surface area contributed by atoms with Crippen LogP contribution in [0.4, 0.5) is 8.78 Å².